The fourth-order valence-electron chi connectivity index (χ4n) is 2.53. The summed E-state index contributed by atoms with van der Waals surface area (Å²) in [6.45, 7) is 1.23. The summed E-state index contributed by atoms with van der Waals surface area (Å²) in [7, 11) is 3.59. The van der Waals surface area contributed by atoms with Gasteiger partial charge in [0.15, 0.2) is 0 Å². The number of rotatable bonds is 6. The van der Waals surface area contributed by atoms with Gasteiger partial charge in [-0.2, -0.15) is 0 Å². The number of hydrogen-bond acceptors (Lipinski definition) is 5. The highest BCUT2D eigenvalue weighted by Gasteiger charge is 2.11. The van der Waals surface area contributed by atoms with E-state index in [2.05, 4.69) is 20.4 Å². The van der Waals surface area contributed by atoms with Gasteiger partial charge in [0.05, 0.1) is 6.54 Å². The third-order valence-corrected chi connectivity index (χ3v) is 4.11. The van der Waals surface area contributed by atoms with Crippen molar-refractivity contribution < 1.29 is 9.21 Å². The number of nitrogens with zero attached hydrogens (tertiary/aromatic N) is 3. The lowest BCUT2D eigenvalue weighted by Crippen LogP contribution is -2.19. The molecule has 26 heavy (non-hydrogen) atoms. The Kier molecular flexibility index (Phi) is 5.65. The normalized spacial score (nSPS) is 10.9. The van der Waals surface area contributed by atoms with Crippen molar-refractivity contribution in [3.63, 3.8) is 0 Å². The van der Waals surface area contributed by atoms with Crippen LogP contribution in [-0.4, -0.2) is 35.1 Å². The van der Waals surface area contributed by atoms with Crippen LogP contribution < -0.4 is 5.32 Å². The first-order chi connectivity index (χ1) is 12.5. The summed E-state index contributed by atoms with van der Waals surface area (Å²) in [4.78, 5) is 13.6. The number of amides is 1. The molecule has 2 aromatic carbocycles. The van der Waals surface area contributed by atoms with E-state index in [9.17, 15) is 4.79 Å². The molecule has 0 aliphatic carbocycles. The molecule has 1 aromatic heterocycles. The quantitative estimate of drug-likeness (QED) is 0.720. The second kappa shape index (κ2) is 8.12. The fraction of sp³-hybridized carbons (Fsp3) is 0.211. The van der Waals surface area contributed by atoms with Crippen LogP contribution in [0.25, 0.3) is 11.5 Å². The molecule has 6 nitrogen and oxygen atoms in total. The molecule has 0 saturated carbocycles. The van der Waals surface area contributed by atoms with Gasteiger partial charge in [-0.1, -0.05) is 23.7 Å². The van der Waals surface area contributed by atoms with E-state index in [1.807, 2.05) is 43.4 Å². The van der Waals surface area contributed by atoms with Gasteiger partial charge >= 0.3 is 0 Å². The average Bonchev–Trinajstić information content (AvgIpc) is 3.10. The number of halogens is 1. The van der Waals surface area contributed by atoms with Crippen LogP contribution in [0, 0.1) is 0 Å². The van der Waals surface area contributed by atoms with E-state index >= 15 is 0 Å². The van der Waals surface area contributed by atoms with E-state index < -0.39 is 0 Å². The summed E-state index contributed by atoms with van der Waals surface area (Å²) in [6, 6.07) is 14.8. The van der Waals surface area contributed by atoms with E-state index in [-0.39, 0.29) is 5.91 Å². The van der Waals surface area contributed by atoms with E-state index in [4.69, 9.17) is 16.0 Å². The predicted octanol–water partition coefficient (Wildman–Crippen LogP) is 3.38. The topological polar surface area (TPSA) is 71.3 Å². The lowest BCUT2D eigenvalue weighted by molar-refractivity contribution is 0.0963. The van der Waals surface area contributed by atoms with Crippen LogP contribution in [0.15, 0.2) is 52.9 Å². The minimum Gasteiger partial charge on any atom is -0.419 e. The highest BCUT2D eigenvalue weighted by molar-refractivity contribution is 6.30. The molecule has 0 aliphatic rings. The summed E-state index contributed by atoms with van der Waals surface area (Å²) in [5.74, 6) is 0.921. The molecule has 1 heterocycles. The molecule has 0 saturated heterocycles. The number of carbonyl (C=O) groups is 1. The van der Waals surface area contributed by atoms with Crippen molar-refractivity contribution in [1.29, 1.82) is 0 Å². The molecule has 7 heteroatoms. The van der Waals surface area contributed by atoms with Crippen LogP contribution >= 0.6 is 11.6 Å². The highest BCUT2D eigenvalue weighted by Crippen LogP contribution is 2.20. The standard InChI is InChI=1S/C19H19ClN4O2/c1-21-18(25)14-5-3-13(4-6-14)11-24(2)12-17-22-23-19(26-17)15-7-9-16(20)10-8-15/h3-10H,11-12H2,1-2H3,(H,21,25). The second-order valence-corrected chi connectivity index (χ2v) is 6.39. The van der Waals surface area contributed by atoms with Crippen LogP contribution in [0.5, 0.6) is 0 Å². The highest BCUT2D eigenvalue weighted by atomic mass is 35.5. The van der Waals surface area contributed by atoms with Gasteiger partial charge in [0.25, 0.3) is 5.91 Å². The van der Waals surface area contributed by atoms with Gasteiger partial charge in [0.1, 0.15) is 0 Å². The molecule has 0 spiro atoms. The van der Waals surface area contributed by atoms with Gasteiger partial charge in [-0.05, 0) is 49.0 Å². The number of nitrogens with one attached hydrogen (secondary N) is 1. The number of carbonyl (C=O) groups excluding carboxylic acids is 1. The molecule has 1 N–H and O–H groups in total. The first-order valence-electron chi connectivity index (χ1n) is 8.13. The van der Waals surface area contributed by atoms with Gasteiger partial charge in [-0.3, -0.25) is 9.69 Å². The first-order valence-corrected chi connectivity index (χ1v) is 8.51. The monoisotopic (exact) mass is 370 g/mol. The maximum Gasteiger partial charge on any atom is 0.251 e. The molecule has 0 fully saturated rings. The summed E-state index contributed by atoms with van der Waals surface area (Å²) >= 11 is 5.89. The molecule has 134 valence electrons. The number of hydrogen-bond donors (Lipinski definition) is 1. The number of aromatic nitrogens is 2. The molecule has 0 radical (unpaired) electrons. The van der Waals surface area contributed by atoms with Crippen molar-refractivity contribution in [1.82, 2.24) is 20.4 Å². The Balaban J connectivity index is 1.60. The lowest BCUT2D eigenvalue weighted by Gasteiger charge is -2.14. The zero-order chi connectivity index (χ0) is 18.5. The zero-order valence-corrected chi connectivity index (χ0v) is 15.3. The molecular weight excluding hydrogens is 352 g/mol. The molecule has 0 atom stereocenters. The summed E-state index contributed by atoms with van der Waals surface area (Å²) < 4.78 is 5.72. The summed E-state index contributed by atoms with van der Waals surface area (Å²) in [5, 5.41) is 11.5. The van der Waals surface area contributed by atoms with Crippen molar-refractivity contribution >= 4 is 17.5 Å². The molecule has 0 bridgehead atoms. The molecule has 1 amide bonds. The van der Waals surface area contributed by atoms with Gasteiger partial charge in [0.2, 0.25) is 11.8 Å². The Bertz CT molecular complexity index is 875. The molecular formula is C19H19ClN4O2. The van der Waals surface area contributed by atoms with Crippen LogP contribution in [-0.2, 0) is 13.1 Å². The van der Waals surface area contributed by atoms with Gasteiger partial charge < -0.3 is 9.73 Å². The molecule has 3 aromatic rings. The first kappa shape index (κ1) is 18.1. The van der Waals surface area contributed by atoms with E-state index in [0.717, 1.165) is 11.1 Å². The smallest absolute Gasteiger partial charge is 0.251 e. The third kappa shape index (κ3) is 4.47. The zero-order valence-electron chi connectivity index (χ0n) is 14.6. The van der Waals surface area contributed by atoms with Gasteiger partial charge in [-0.25, -0.2) is 0 Å². The van der Waals surface area contributed by atoms with Crippen LogP contribution in [0.2, 0.25) is 5.02 Å². The summed E-state index contributed by atoms with van der Waals surface area (Å²) in [5.41, 5.74) is 2.57. The fourth-order valence-corrected chi connectivity index (χ4v) is 2.66. The Morgan fingerprint density at radius 1 is 1.08 bits per heavy atom. The third-order valence-electron chi connectivity index (χ3n) is 3.86. The Morgan fingerprint density at radius 2 is 1.77 bits per heavy atom. The molecule has 3 rings (SSSR count). The van der Waals surface area contributed by atoms with Crippen molar-refractivity contribution in [3.8, 4) is 11.5 Å². The van der Waals surface area contributed by atoms with Crippen molar-refractivity contribution in [3.05, 3.63) is 70.6 Å². The minimum atomic E-state index is -0.0921. The van der Waals surface area contributed by atoms with Crippen molar-refractivity contribution in [2.75, 3.05) is 14.1 Å². The Hall–Kier alpha value is -2.70. The second-order valence-electron chi connectivity index (χ2n) is 5.96. The Morgan fingerprint density at radius 3 is 2.42 bits per heavy atom. The summed E-state index contributed by atoms with van der Waals surface area (Å²) in [6.07, 6.45) is 0. The van der Waals surface area contributed by atoms with Gasteiger partial charge in [0, 0.05) is 29.7 Å². The average molecular weight is 371 g/mol. The molecule has 0 unspecified atom stereocenters. The van der Waals surface area contributed by atoms with E-state index in [1.54, 1.807) is 19.2 Å². The maximum atomic E-state index is 11.6. The Labute approximate surface area is 156 Å². The van der Waals surface area contributed by atoms with Crippen LogP contribution in [0.3, 0.4) is 0 Å². The lowest BCUT2D eigenvalue weighted by atomic mass is 10.1. The molecule has 0 aliphatic heterocycles. The van der Waals surface area contributed by atoms with Crippen molar-refractivity contribution in [2.24, 2.45) is 0 Å². The SMILES string of the molecule is CNC(=O)c1ccc(CN(C)Cc2nnc(-c3ccc(Cl)cc3)o2)cc1. The van der Waals surface area contributed by atoms with Crippen molar-refractivity contribution in [2.45, 2.75) is 13.1 Å². The van der Waals surface area contributed by atoms with Gasteiger partial charge in [-0.15, -0.1) is 10.2 Å². The minimum absolute atomic E-state index is 0.0921. The largest absolute Gasteiger partial charge is 0.419 e. The van der Waals surface area contributed by atoms with Crippen LogP contribution in [0.1, 0.15) is 21.8 Å². The van der Waals surface area contributed by atoms with Crippen LogP contribution in [0.4, 0.5) is 0 Å². The predicted molar refractivity (Wildman–Crippen MR) is 99.7 cm³/mol. The van der Waals surface area contributed by atoms with E-state index in [0.29, 0.717) is 35.5 Å². The maximum absolute atomic E-state index is 11.6. The number of benzene rings is 2. The van der Waals surface area contributed by atoms with E-state index in [1.165, 1.54) is 0 Å².